The molecule has 3 aromatic heterocycles. The van der Waals surface area contributed by atoms with Crippen molar-refractivity contribution in [2.45, 2.75) is 67.1 Å². The van der Waals surface area contributed by atoms with Crippen molar-refractivity contribution in [2.75, 3.05) is 4.90 Å². The summed E-state index contributed by atoms with van der Waals surface area (Å²) < 4.78 is 16.1. The number of fused-ring (bicyclic) bond motifs is 16. The first kappa shape index (κ1) is 42.9. The third-order valence-electron chi connectivity index (χ3n) is 16.4. The van der Waals surface area contributed by atoms with Crippen LogP contribution in [0.1, 0.15) is 52.7 Å². The fourth-order valence-electron chi connectivity index (χ4n) is 12.9. The van der Waals surface area contributed by atoms with E-state index in [1.165, 1.54) is 108 Å². The summed E-state index contributed by atoms with van der Waals surface area (Å²) in [6.45, 7) is 14.1. The monoisotopic (exact) mass is 984 g/mol. The molecule has 11 aromatic carbocycles. The lowest BCUT2D eigenvalue weighted by Gasteiger charge is -2.44. The predicted octanol–water partition coefficient (Wildman–Crippen LogP) is 20.4. The molecule has 0 spiro atoms. The molecule has 0 saturated heterocycles. The van der Waals surface area contributed by atoms with Crippen molar-refractivity contribution in [3.63, 3.8) is 0 Å². The highest BCUT2D eigenvalue weighted by atomic mass is 32.2. The molecule has 360 valence electrons. The first-order chi connectivity index (χ1) is 36.5. The fourth-order valence-corrected chi connectivity index (χ4v) is 15.8. The van der Waals surface area contributed by atoms with Gasteiger partial charge in [0.05, 0.1) is 28.1 Å². The average Bonchev–Trinajstić information content (AvgIpc) is 4.25. The second-order valence-corrected chi connectivity index (χ2v) is 25.0. The number of hydrogen-bond donors (Lipinski definition) is 1. The lowest BCUT2D eigenvalue weighted by atomic mass is 9.84. The molecule has 75 heavy (non-hydrogen) atoms. The molecule has 16 rings (SSSR count). The van der Waals surface area contributed by atoms with Gasteiger partial charge in [-0.05, 0) is 127 Å². The molecule has 0 N–H and O–H groups in total. The van der Waals surface area contributed by atoms with Crippen molar-refractivity contribution in [3.8, 4) is 27.9 Å². The fraction of sp³-hybridized carbons (Fsp3) is 0.114. The number of para-hydroxylation sites is 2. The topological polar surface area (TPSA) is 34.5 Å². The van der Waals surface area contributed by atoms with Gasteiger partial charge in [0, 0.05) is 58.1 Å². The van der Waals surface area contributed by atoms with Crippen LogP contribution in [0.25, 0.3) is 115 Å². The molecule has 0 fully saturated rings. The minimum absolute atomic E-state index is 0.0841. The normalized spacial score (nSPS) is 14.9. The Morgan fingerprint density at radius 1 is 0.373 bits per heavy atom. The molecular weight excluding hydrogens is 933 g/mol. The summed E-state index contributed by atoms with van der Waals surface area (Å²) in [6.07, 6.45) is 0. The molecule has 1 unspecified atom stereocenters. The second-order valence-electron chi connectivity index (χ2n) is 22.9. The maximum atomic E-state index is 6.92. The van der Waals surface area contributed by atoms with E-state index in [1.54, 1.807) is 0 Å². The molecule has 0 bridgehead atoms. The van der Waals surface area contributed by atoms with Gasteiger partial charge in [0.2, 0.25) is 0 Å². The number of hydrogen-bond acceptors (Lipinski definition) is 3. The molecule has 5 heterocycles. The van der Waals surface area contributed by atoms with Gasteiger partial charge in [-0.3, -0.25) is 0 Å². The summed E-state index contributed by atoms with van der Waals surface area (Å²) in [7, 11) is -1.23. The van der Waals surface area contributed by atoms with Crippen molar-refractivity contribution in [3.05, 3.63) is 211 Å². The van der Waals surface area contributed by atoms with Crippen LogP contribution in [-0.4, -0.2) is 4.57 Å². The molecule has 5 heteroatoms. The van der Waals surface area contributed by atoms with Gasteiger partial charge in [-0.15, -0.1) is 0 Å². The summed E-state index contributed by atoms with van der Waals surface area (Å²) in [5.74, 6) is 0. The van der Waals surface area contributed by atoms with Gasteiger partial charge in [0.25, 0.3) is 0 Å². The highest BCUT2D eigenvalue weighted by Gasteiger charge is 2.41. The summed E-state index contributed by atoms with van der Waals surface area (Å²) in [4.78, 5) is 6.58. The van der Waals surface area contributed by atoms with Gasteiger partial charge in [0.15, 0.2) is 0 Å². The summed E-state index contributed by atoms with van der Waals surface area (Å²) in [6, 6.07) is 75.1. The van der Waals surface area contributed by atoms with Gasteiger partial charge >= 0.3 is 0 Å². The third-order valence-corrected chi connectivity index (χ3v) is 19.0. The van der Waals surface area contributed by atoms with Crippen LogP contribution < -0.4 is 4.90 Å². The van der Waals surface area contributed by atoms with Gasteiger partial charge in [0.1, 0.15) is 22.3 Å². The van der Waals surface area contributed by atoms with Crippen LogP contribution in [0.4, 0.5) is 17.1 Å². The van der Waals surface area contributed by atoms with Crippen molar-refractivity contribution in [1.82, 2.24) is 4.57 Å². The van der Waals surface area contributed by atoms with Crippen LogP contribution in [0, 0.1) is 0 Å². The average molecular weight is 985 g/mol. The third kappa shape index (κ3) is 5.96. The Bertz CT molecular complexity index is 4790. The molecule has 0 amide bonds. The van der Waals surface area contributed by atoms with E-state index >= 15 is 0 Å². The zero-order valence-corrected chi connectivity index (χ0v) is 43.6. The van der Waals surface area contributed by atoms with Crippen LogP contribution in [0.3, 0.4) is 0 Å². The lowest BCUT2D eigenvalue weighted by molar-refractivity contribution is 0.589. The van der Waals surface area contributed by atoms with Crippen molar-refractivity contribution < 1.29 is 8.83 Å². The number of rotatable bonds is 3. The zero-order chi connectivity index (χ0) is 50.2. The van der Waals surface area contributed by atoms with Crippen molar-refractivity contribution >= 4 is 115 Å². The number of furan rings is 2. The summed E-state index contributed by atoms with van der Waals surface area (Å²) in [5.41, 5.74) is 18.2. The van der Waals surface area contributed by atoms with E-state index in [9.17, 15) is 0 Å². The molecule has 0 saturated carbocycles. The smallest absolute Gasteiger partial charge is 0.136 e. The van der Waals surface area contributed by atoms with Crippen LogP contribution in [0.15, 0.2) is 224 Å². The van der Waals surface area contributed by atoms with E-state index < -0.39 is 10.9 Å². The number of aromatic nitrogens is 1. The molecule has 0 radical (unpaired) electrons. The van der Waals surface area contributed by atoms with Gasteiger partial charge in [-0.2, -0.15) is 10.9 Å². The molecule has 4 nitrogen and oxygen atoms in total. The highest BCUT2D eigenvalue weighted by Crippen LogP contribution is 2.70. The van der Waals surface area contributed by atoms with Gasteiger partial charge in [-0.25, -0.2) is 0 Å². The number of thiol groups is 1. The predicted molar refractivity (Wildman–Crippen MR) is 317 cm³/mol. The van der Waals surface area contributed by atoms with Crippen molar-refractivity contribution in [1.29, 1.82) is 0 Å². The number of nitrogens with zero attached hydrogens (tertiary/aromatic N) is 2. The largest absolute Gasteiger partial charge is 0.456 e. The quantitative estimate of drug-likeness (QED) is 0.141. The summed E-state index contributed by atoms with van der Waals surface area (Å²) in [5, 5.41) is 12.1. The van der Waals surface area contributed by atoms with E-state index in [0.717, 1.165) is 49.6 Å². The van der Waals surface area contributed by atoms with E-state index in [4.69, 9.17) is 8.83 Å². The molecule has 1 atom stereocenters. The molecular formula is C70H52N2O2S. The van der Waals surface area contributed by atoms with E-state index in [2.05, 4.69) is 251 Å². The molecule has 2 aliphatic heterocycles. The van der Waals surface area contributed by atoms with E-state index in [0.29, 0.717) is 0 Å². The van der Waals surface area contributed by atoms with E-state index in [-0.39, 0.29) is 10.8 Å². The Kier molecular flexibility index (Phi) is 8.62. The van der Waals surface area contributed by atoms with Crippen LogP contribution in [-0.2, 0) is 10.8 Å². The molecule has 2 aliphatic rings. The number of anilines is 3. The van der Waals surface area contributed by atoms with Crippen LogP contribution >= 0.6 is 10.9 Å². The summed E-state index contributed by atoms with van der Waals surface area (Å²) >= 11 is 0. The van der Waals surface area contributed by atoms with E-state index in [1.807, 2.05) is 0 Å². The lowest BCUT2D eigenvalue weighted by Crippen LogP contribution is -2.22. The highest BCUT2D eigenvalue weighted by molar-refractivity contribution is 8.17. The van der Waals surface area contributed by atoms with Gasteiger partial charge in [-0.1, -0.05) is 175 Å². The first-order valence-electron chi connectivity index (χ1n) is 26.2. The number of benzene rings is 11. The van der Waals surface area contributed by atoms with Gasteiger partial charge < -0.3 is 18.3 Å². The minimum Gasteiger partial charge on any atom is -0.456 e. The minimum atomic E-state index is -1.23. The maximum Gasteiger partial charge on any atom is 0.136 e. The Labute approximate surface area is 437 Å². The first-order valence-corrected chi connectivity index (χ1v) is 27.6. The molecule has 0 aliphatic carbocycles. The Morgan fingerprint density at radius 2 is 0.947 bits per heavy atom. The second kappa shape index (κ2) is 15.1. The SMILES string of the molecule is CC(C)(C)c1cc2c3c(c1)-n1c4cc(C(C)(C)C)ccc4c4c5c(-c6ccccc6)c6ccccc6c(-c6ccccc6)c5cc(c41)[SH]3c1cc3oc4ccccc4c3cc1N2c1ccc2oc3ccccc3c2c1. The zero-order valence-electron chi connectivity index (χ0n) is 42.7. The Morgan fingerprint density at radius 3 is 1.63 bits per heavy atom. The van der Waals surface area contributed by atoms with Crippen molar-refractivity contribution in [2.24, 2.45) is 0 Å². The maximum absolute atomic E-state index is 6.92. The molecule has 14 aromatic rings. The van der Waals surface area contributed by atoms with Crippen LogP contribution in [0.5, 0.6) is 0 Å². The Balaban J connectivity index is 1.15. The van der Waals surface area contributed by atoms with Crippen LogP contribution in [0.2, 0.25) is 0 Å². The Hall–Kier alpha value is -8.51. The standard InChI is InChI=1S/C70H52N2O2S/c1-69(2,3)42-29-31-49-53(33-42)72-56-35-43(70(4,5)6)34-55-68(56)75(62-38-52-63(40-19-9-7-10-20-40)47-25-13-14-26-48(47)64(41-21-11-8-12-22-41)65(52)66(49)67(62)72)61-39-60-51(46-24-16-18-28-58(46)74-60)37-54(61)71(55)44-30-32-59-50(36-44)45-23-15-17-27-57(45)73-59/h7-39,75H,1-6H3.